The van der Waals surface area contributed by atoms with Gasteiger partial charge in [0.1, 0.15) is 0 Å². The van der Waals surface area contributed by atoms with E-state index in [1.54, 1.807) is 0 Å². The molecule has 2 unspecified atom stereocenters. The van der Waals surface area contributed by atoms with Gasteiger partial charge in [0.2, 0.25) is 0 Å². The van der Waals surface area contributed by atoms with Gasteiger partial charge in [0.25, 0.3) is 0 Å². The summed E-state index contributed by atoms with van der Waals surface area (Å²) in [7, 11) is 0. The zero-order valence-corrected chi connectivity index (χ0v) is 5.34. The monoisotopic (exact) mass is 128 g/mol. The van der Waals surface area contributed by atoms with Crippen molar-refractivity contribution in [3.63, 3.8) is 0 Å². The van der Waals surface area contributed by atoms with E-state index in [1.165, 1.54) is 0 Å². The largest absolute Gasteiger partial charge is 0.321 e. The fourth-order valence-corrected chi connectivity index (χ4v) is 1.12. The summed E-state index contributed by atoms with van der Waals surface area (Å²) in [6.07, 6.45) is 2.62. The lowest BCUT2D eigenvalue weighted by Gasteiger charge is -2.21. The van der Waals surface area contributed by atoms with E-state index in [9.17, 15) is 4.79 Å². The molecule has 1 fully saturated rings. The molecule has 0 aliphatic heterocycles. The van der Waals surface area contributed by atoms with Crippen molar-refractivity contribution in [2.24, 2.45) is 11.5 Å². The molecule has 0 heterocycles. The molecule has 2 atom stereocenters. The van der Waals surface area contributed by atoms with Crippen LogP contribution in [0.15, 0.2) is 0 Å². The van der Waals surface area contributed by atoms with Crippen LogP contribution in [0.25, 0.3) is 0 Å². The van der Waals surface area contributed by atoms with E-state index >= 15 is 0 Å². The van der Waals surface area contributed by atoms with Gasteiger partial charge in [-0.3, -0.25) is 4.79 Å². The predicted molar refractivity (Wildman–Crippen MR) is 34.8 cm³/mol. The summed E-state index contributed by atoms with van der Waals surface area (Å²) in [5, 5.41) is 0. The Bertz CT molecular complexity index is 112. The highest BCUT2D eigenvalue weighted by molar-refractivity contribution is 5.89. The third kappa shape index (κ3) is 1.28. The standard InChI is InChI=1S/C6H12N2O/c7-4-2-1-3-5(8)6(4)9/h4-5H,1-3,7-8H2. The SMILES string of the molecule is NC1CCCC(N)C1=O. The number of ketones is 1. The summed E-state index contributed by atoms with van der Waals surface area (Å²) < 4.78 is 0. The van der Waals surface area contributed by atoms with Crippen molar-refractivity contribution < 1.29 is 4.79 Å². The van der Waals surface area contributed by atoms with E-state index in [0.717, 1.165) is 19.3 Å². The van der Waals surface area contributed by atoms with E-state index in [2.05, 4.69) is 0 Å². The molecule has 3 heteroatoms. The molecule has 0 aromatic rings. The van der Waals surface area contributed by atoms with Crippen LogP contribution in [0.2, 0.25) is 0 Å². The minimum atomic E-state index is -0.284. The molecular weight excluding hydrogens is 116 g/mol. The second-order valence-electron chi connectivity index (χ2n) is 2.55. The lowest BCUT2D eigenvalue weighted by molar-refractivity contribution is -0.123. The molecule has 0 amide bonds. The fourth-order valence-electron chi connectivity index (χ4n) is 1.12. The summed E-state index contributed by atoms with van der Waals surface area (Å²) in [6.45, 7) is 0. The zero-order valence-electron chi connectivity index (χ0n) is 5.34. The summed E-state index contributed by atoms with van der Waals surface area (Å²) in [5.74, 6) is 0.0289. The average molecular weight is 128 g/mol. The van der Waals surface area contributed by atoms with Gasteiger partial charge in [-0.2, -0.15) is 0 Å². The van der Waals surface area contributed by atoms with Crippen LogP contribution in [0.5, 0.6) is 0 Å². The third-order valence-corrected chi connectivity index (χ3v) is 1.76. The second kappa shape index (κ2) is 2.45. The third-order valence-electron chi connectivity index (χ3n) is 1.76. The Morgan fingerprint density at radius 3 is 2.00 bits per heavy atom. The van der Waals surface area contributed by atoms with Crippen molar-refractivity contribution in [1.82, 2.24) is 0 Å². The molecule has 1 rings (SSSR count). The second-order valence-corrected chi connectivity index (χ2v) is 2.55. The number of hydrogen-bond donors (Lipinski definition) is 2. The number of rotatable bonds is 0. The number of nitrogens with two attached hydrogens (primary N) is 2. The Labute approximate surface area is 54.4 Å². The van der Waals surface area contributed by atoms with E-state index in [0.29, 0.717) is 0 Å². The van der Waals surface area contributed by atoms with Crippen molar-refractivity contribution in [3.05, 3.63) is 0 Å². The normalized spacial score (nSPS) is 36.9. The molecule has 1 aliphatic rings. The van der Waals surface area contributed by atoms with Crippen LogP contribution in [0, 0.1) is 0 Å². The molecule has 0 radical (unpaired) electrons. The van der Waals surface area contributed by atoms with E-state index in [-0.39, 0.29) is 17.9 Å². The average Bonchev–Trinajstić information content (AvgIpc) is 1.83. The van der Waals surface area contributed by atoms with Crippen molar-refractivity contribution in [3.8, 4) is 0 Å². The summed E-state index contributed by atoms with van der Waals surface area (Å²) in [4.78, 5) is 10.9. The maximum atomic E-state index is 10.9. The van der Waals surface area contributed by atoms with Gasteiger partial charge >= 0.3 is 0 Å². The molecule has 0 saturated heterocycles. The molecule has 1 saturated carbocycles. The summed E-state index contributed by atoms with van der Waals surface area (Å²) in [5.41, 5.74) is 10.9. The number of carbonyl (C=O) groups excluding carboxylic acids is 1. The van der Waals surface area contributed by atoms with E-state index < -0.39 is 0 Å². The first-order valence-electron chi connectivity index (χ1n) is 3.26. The van der Waals surface area contributed by atoms with Crippen LogP contribution in [0.1, 0.15) is 19.3 Å². The highest BCUT2D eigenvalue weighted by Gasteiger charge is 2.24. The number of carbonyl (C=O) groups is 1. The van der Waals surface area contributed by atoms with Crippen molar-refractivity contribution >= 4 is 5.78 Å². The van der Waals surface area contributed by atoms with Gasteiger partial charge in [-0.05, 0) is 19.3 Å². The summed E-state index contributed by atoms with van der Waals surface area (Å²) in [6, 6.07) is -0.567. The highest BCUT2D eigenvalue weighted by Crippen LogP contribution is 2.11. The van der Waals surface area contributed by atoms with Gasteiger partial charge in [-0.1, -0.05) is 0 Å². The fraction of sp³-hybridized carbons (Fsp3) is 0.833. The van der Waals surface area contributed by atoms with Gasteiger partial charge < -0.3 is 11.5 Å². The Balaban J connectivity index is 2.52. The van der Waals surface area contributed by atoms with Crippen LogP contribution in [0.4, 0.5) is 0 Å². The summed E-state index contributed by atoms with van der Waals surface area (Å²) >= 11 is 0. The lowest BCUT2D eigenvalue weighted by atomic mass is 9.91. The highest BCUT2D eigenvalue weighted by atomic mass is 16.1. The molecule has 3 nitrogen and oxygen atoms in total. The van der Waals surface area contributed by atoms with Gasteiger partial charge in [-0.25, -0.2) is 0 Å². The van der Waals surface area contributed by atoms with Crippen LogP contribution in [-0.2, 0) is 4.79 Å². The smallest absolute Gasteiger partial charge is 0.166 e. The quantitative estimate of drug-likeness (QED) is 0.457. The van der Waals surface area contributed by atoms with E-state index in [4.69, 9.17) is 11.5 Å². The van der Waals surface area contributed by atoms with Crippen molar-refractivity contribution in [2.75, 3.05) is 0 Å². The topological polar surface area (TPSA) is 69.1 Å². The first-order chi connectivity index (χ1) is 4.22. The molecule has 9 heavy (non-hydrogen) atoms. The Hall–Kier alpha value is -0.410. The minimum Gasteiger partial charge on any atom is -0.321 e. The maximum absolute atomic E-state index is 10.9. The molecular formula is C6H12N2O. The zero-order chi connectivity index (χ0) is 6.85. The Morgan fingerprint density at radius 2 is 1.67 bits per heavy atom. The van der Waals surface area contributed by atoms with Crippen LogP contribution >= 0.6 is 0 Å². The van der Waals surface area contributed by atoms with Gasteiger partial charge in [0, 0.05) is 0 Å². The van der Waals surface area contributed by atoms with Crippen molar-refractivity contribution in [2.45, 2.75) is 31.3 Å². The molecule has 4 N–H and O–H groups in total. The first-order valence-corrected chi connectivity index (χ1v) is 3.26. The van der Waals surface area contributed by atoms with Gasteiger partial charge in [-0.15, -0.1) is 0 Å². The van der Waals surface area contributed by atoms with Crippen molar-refractivity contribution in [1.29, 1.82) is 0 Å². The predicted octanol–water partition coefficient (Wildman–Crippen LogP) is -0.606. The number of hydrogen-bond acceptors (Lipinski definition) is 3. The molecule has 0 aromatic carbocycles. The van der Waals surface area contributed by atoms with E-state index in [1.807, 2.05) is 0 Å². The Morgan fingerprint density at radius 1 is 1.22 bits per heavy atom. The molecule has 0 spiro atoms. The minimum absolute atomic E-state index is 0.0289. The van der Waals surface area contributed by atoms with Gasteiger partial charge in [0.05, 0.1) is 12.1 Å². The van der Waals surface area contributed by atoms with Crippen LogP contribution < -0.4 is 11.5 Å². The van der Waals surface area contributed by atoms with Crippen LogP contribution in [-0.4, -0.2) is 17.9 Å². The Kier molecular flexibility index (Phi) is 1.83. The van der Waals surface area contributed by atoms with Gasteiger partial charge in [0.15, 0.2) is 5.78 Å². The molecule has 0 aromatic heterocycles. The maximum Gasteiger partial charge on any atom is 0.166 e. The lowest BCUT2D eigenvalue weighted by Crippen LogP contribution is -2.46. The van der Waals surface area contributed by atoms with Crippen LogP contribution in [0.3, 0.4) is 0 Å². The molecule has 1 aliphatic carbocycles. The molecule has 52 valence electrons. The molecule has 0 bridgehead atoms. The number of Topliss-reactive ketones (excluding diaryl/α,β-unsaturated/α-hetero) is 1. The first kappa shape index (κ1) is 6.71.